The van der Waals surface area contributed by atoms with Gasteiger partial charge in [-0.1, -0.05) is 55.5 Å². The summed E-state index contributed by atoms with van der Waals surface area (Å²) < 4.78 is 33.6. The summed E-state index contributed by atoms with van der Waals surface area (Å²) in [6.07, 6.45) is 0. The molecule has 0 saturated heterocycles. The molecular formula is C24H23N3O4S2. The van der Waals surface area contributed by atoms with Crippen LogP contribution in [0.25, 0.3) is 10.2 Å². The zero-order valence-corrected chi connectivity index (χ0v) is 19.8. The van der Waals surface area contributed by atoms with E-state index in [1.807, 2.05) is 30.3 Å². The van der Waals surface area contributed by atoms with Gasteiger partial charge in [-0.25, -0.2) is 13.4 Å². The Labute approximate surface area is 196 Å². The first-order chi connectivity index (χ1) is 15.9. The van der Waals surface area contributed by atoms with Gasteiger partial charge in [0, 0.05) is 13.1 Å². The Balaban J connectivity index is 1.58. The zero-order chi connectivity index (χ0) is 23.4. The SMILES string of the molecule is CCN(CC)S(=O)(=O)c1ccc2nc(NC(=O)c3ccccc3Oc3ccccc3)sc2c1. The maximum atomic E-state index is 13.0. The molecule has 1 N–H and O–H groups in total. The Kier molecular flexibility index (Phi) is 6.73. The van der Waals surface area contributed by atoms with E-state index in [4.69, 9.17) is 4.74 Å². The number of ether oxygens (including phenoxy) is 1. The van der Waals surface area contributed by atoms with Gasteiger partial charge in [-0.2, -0.15) is 4.31 Å². The van der Waals surface area contributed by atoms with Crippen molar-refractivity contribution in [1.82, 2.24) is 9.29 Å². The number of aromatic nitrogens is 1. The minimum atomic E-state index is -3.58. The largest absolute Gasteiger partial charge is 0.457 e. The molecule has 7 nitrogen and oxygen atoms in total. The molecule has 0 radical (unpaired) electrons. The fraction of sp³-hybridized carbons (Fsp3) is 0.167. The first-order valence-electron chi connectivity index (χ1n) is 10.5. The van der Waals surface area contributed by atoms with E-state index in [0.717, 1.165) is 0 Å². The molecular weight excluding hydrogens is 458 g/mol. The average molecular weight is 482 g/mol. The van der Waals surface area contributed by atoms with Gasteiger partial charge in [0.2, 0.25) is 10.0 Å². The fourth-order valence-corrected chi connectivity index (χ4v) is 5.81. The number of hydrogen-bond acceptors (Lipinski definition) is 6. The van der Waals surface area contributed by atoms with Crippen LogP contribution in [0.4, 0.5) is 5.13 Å². The van der Waals surface area contributed by atoms with E-state index >= 15 is 0 Å². The quantitative estimate of drug-likeness (QED) is 0.365. The number of nitrogens with zero attached hydrogens (tertiary/aromatic N) is 2. The summed E-state index contributed by atoms with van der Waals surface area (Å²) >= 11 is 1.22. The van der Waals surface area contributed by atoms with Gasteiger partial charge in [-0.15, -0.1) is 0 Å². The first kappa shape index (κ1) is 22.9. The van der Waals surface area contributed by atoms with Gasteiger partial charge in [-0.05, 0) is 42.5 Å². The van der Waals surface area contributed by atoms with Crippen LogP contribution < -0.4 is 10.1 Å². The summed E-state index contributed by atoms with van der Waals surface area (Å²) in [6, 6.07) is 21.0. The lowest BCUT2D eigenvalue weighted by Crippen LogP contribution is -2.30. The molecule has 0 aliphatic rings. The molecule has 4 aromatic rings. The van der Waals surface area contributed by atoms with Crippen LogP contribution in [0.2, 0.25) is 0 Å². The van der Waals surface area contributed by atoms with Crippen LogP contribution in [0.15, 0.2) is 77.7 Å². The molecule has 0 spiro atoms. The third-order valence-electron chi connectivity index (χ3n) is 5.03. The van der Waals surface area contributed by atoms with Crippen LogP contribution in [0.1, 0.15) is 24.2 Å². The van der Waals surface area contributed by atoms with Crippen molar-refractivity contribution >= 4 is 42.6 Å². The summed E-state index contributed by atoms with van der Waals surface area (Å²) in [5.74, 6) is 0.686. The lowest BCUT2D eigenvalue weighted by molar-refractivity contribution is 0.102. The molecule has 0 bridgehead atoms. The van der Waals surface area contributed by atoms with Crippen molar-refractivity contribution in [3.63, 3.8) is 0 Å². The number of sulfonamides is 1. The molecule has 3 aromatic carbocycles. The van der Waals surface area contributed by atoms with Crippen molar-refractivity contribution in [1.29, 1.82) is 0 Å². The first-order valence-corrected chi connectivity index (χ1v) is 12.7. The Hall–Kier alpha value is -3.27. The number of anilines is 1. The Bertz CT molecular complexity index is 1380. The van der Waals surface area contributed by atoms with E-state index in [0.29, 0.717) is 45.5 Å². The van der Waals surface area contributed by atoms with Gasteiger partial charge in [0.05, 0.1) is 20.7 Å². The number of hydrogen-bond donors (Lipinski definition) is 1. The molecule has 0 unspecified atom stereocenters. The fourth-order valence-electron chi connectivity index (χ4n) is 3.35. The standard InChI is InChI=1S/C24H23N3O4S2/c1-3-27(4-2)33(29,30)18-14-15-20-22(16-18)32-24(25-20)26-23(28)19-12-8-9-13-21(19)31-17-10-6-5-7-11-17/h5-16H,3-4H2,1-2H3,(H,25,26,28). The molecule has 1 heterocycles. The molecule has 9 heteroatoms. The second kappa shape index (κ2) is 9.70. The van der Waals surface area contributed by atoms with Crippen LogP contribution in [0, 0.1) is 0 Å². The van der Waals surface area contributed by atoms with Crippen LogP contribution in [-0.2, 0) is 10.0 Å². The summed E-state index contributed by atoms with van der Waals surface area (Å²) in [6.45, 7) is 4.40. The monoisotopic (exact) mass is 481 g/mol. The second-order valence-corrected chi connectivity index (χ2v) is 10.1. The summed E-state index contributed by atoms with van der Waals surface area (Å²) in [7, 11) is -3.58. The van der Waals surface area contributed by atoms with E-state index in [9.17, 15) is 13.2 Å². The summed E-state index contributed by atoms with van der Waals surface area (Å²) in [4.78, 5) is 17.6. The number of fused-ring (bicyclic) bond motifs is 1. The Morgan fingerprint density at radius 2 is 1.70 bits per heavy atom. The normalized spacial score (nSPS) is 11.6. The number of benzene rings is 3. The number of amides is 1. The van der Waals surface area contributed by atoms with Crippen LogP contribution in [0.3, 0.4) is 0 Å². The van der Waals surface area contributed by atoms with Crippen LogP contribution in [0.5, 0.6) is 11.5 Å². The predicted octanol–water partition coefficient (Wildman–Crippen LogP) is 5.37. The van der Waals surface area contributed by atoms with Crippen molar-refractivity contribution in [2.45, 2.75) is 18.7 Å². The summed E-state index contributed by atoms with van der Waals surface area (Å²) in [5, 5.41) is 3.18. The average Bonchev–Trinajstić information content (AvgIpc) is 3.22. The number of rotatable bonds is 8. The van der Waals surface area contributed by atoms with Crippen molar-refractivity contribution in [2.75, 3.05) is 18.4 Å². The molecule has 0 fully saturated rings. The van der Waals surface area contributed by atoms with Gasteiger partial charge in [0.25, 0.3) is 5.91 Å². The molecule has 0 aliphatic carbocycles. The van der Waals surface area contributed by atoms with E-state index in [-0.39, 0.29) is 10.8 Å². The topological polar surface area (TPSA) is 88.6 Å². The number of thiazole rings is 1. The van der Waals surface area contributed by atoms with Gasteiger partial charge >= 0.3 is 0 Å². The highest BCUT2D eigenvalue weighted by Gasteiger charge is 2.22. The minimum absolute atomic E-state index is 0.210. The summed E-state index contributed by atoms with van der Waals surface area (Å²) in [5.41, 5.74) is 0.980. The van der Waals surface area contributed by atoms with Gasteiger partial charge in [-0.3, -0.25) is 10.1 Å². The van der Waals surface area contributed by atoms with E-state index < -0.39 is 10.0 Å². The minimum Gasteiger partial charge on any atom is -0.457 e. The highest BCUT2D eigenvalue weighted by molar-refractivity contribution is 7.89. The predicted molar refractivity (Wildman–Crippen MR) is 131 cm³/mol. The molecule has 0 aliphatic heterocycles. The maximum Gasteiger partial charge on any atom is 0.261 e. The van der Waals surface area contributed by atoms with Crippen molar-refractivity contribution < 1.29 is 17.9 Å². The number of carbonyl (C=O) groups is 1. The van der Waals surface area contributed by atoms with Gasteiger partial charge in [0.15, 0.2) is 5.13 Å². The lowest BCUT2D eigenvalue weighted by atomic mass is 10.2. The molecule has 0 atom stereocenters. The smallest absolute Gasteiger partial charge is 0.261 e. The molecule has 4 rings (SSSR count). The third-order valence-corrected chi connectivity index (χ3v) is 8.01. The van der Waals surface area contributed by atoms with E-state index in [1.54, 1.807) is 56.3 Å². The molecule has 1 amide bonds. The maximum absolute atomic E-state index is 13.0. The molecule has 1 aromatic heterocycles. The van der Waals surface area contributed by atoms with Gasteiger partial charge < -0.3 is 4.74 Å². The second-order valence-electron chi connectivity index (χ2n) is 7.10. The number of carbonyl (C=O) groups excluding carboxylic acids is 1. The molecule has 33 heavy (non-hydrogen) atoms. The van der Waals surface area contributed by atoms with Gasteiger partial charge in [0.1, 0.15) is 11.5 Å². The molecule has 0 saturated carbocycles. The lowest BCUT2D eigenvalue weighted by Gasteiger charge is -2.18. The Morgan fingerprint density at radius 3 is 2.42 bits per heavy atom. The third kappa shape index (κ3) is 4.90. The van der Waals surface area contributed by atoms with Crippen LogP contribution >= 0.6 is 11.3 Å². The van der Waals surface area contributed by atoms with Crippen LogP contribution in [-0.4, -0.2) is 36.7 Å². The highest BCUT2D eigenvalue weighted by atomic mass is 32.2. The van der Waals surface area contributed by atoms with E-state index in [1.165, 1.54) is 15.6 Å². The van der Waals surface area contributed by atoms with Crippen molar-refractivity contribution in [2.24, 2.45) is 0 Å². The van der Waals surface area contributed by atoms with E-state index in [2.05, 4.69) is 10.3 Å². The van der Waals surface area contributed by atoms with Crippen molar-refractivity contribution in [3.8, 4) is 11.5 Å². The number of para-hydroxylation sites is 2. The zero-order valence-electron chi connectivity index (χ0n) is 18.2. The number of nitrogens with one attached hydrogen (secondary N) is 1. The highest BCUT2D eigenvalue weighted by Crippen LogP contribution is 2.31. The molecule has 170 valence electrons. The van der Waals surface area contributed by atoms with Crippen molar-refractivity contribution in [3.05, 3.63) is 78.4 Å². The Morgan fingerprint density at radius 1 is 1.00 bits per heavy atom.